The Labute approximate surface area is 169 Å². The van der Waals surface area contributed by atoms with E-state index in [1.807, 2.05) is 30.3 Å². The van der Waals surface area contributed by atoms with E-state index in [9.17, 15) is 18.3 Å². The van der Waals surface area contributed by atoms with Gasteiger partial charge in [-0.3, -0.25) is 4.79 Å². The van der Waals surface area contributed by atoms with E-state index in [4.69, 9.17) is 0 Å². The van der Waals surface area contributed by atoms with Crippen molar-refractivity contribution < 1.29 is 13.5 Å². The molecule has 8 heteroatoms. The fourth-order valence-electron chi connectivity index (χ4n) is 3.10. The maximum Gasteiger partial charge on any atom is 0.287 e. The molecule has 0 aliphatic rings. The van der Waals surface area contributed by atoms with Crippen LogP contribution < -0.4 is 10.5 Å². The van der Waals surface area contributed by atoms with Gasteiger partial charge < -0.3 is 10.0 Å². The molecular weight excluding hydrogens is 390 g/mol. The first-order valence-electron chi connectivity index (χ1n) is 9.15. The number of aromatic nitrogens is 2. The molecule has 0 bridgehead atoms. The van der Waals surface area contributed by atoms with Crippen LogP contribution in [0.3, 0.4) is 0 Å². The predicted molar refractivity (Wildman–Crippen MR) is 111 cm³/mol. The molecule has 7 nitrogen and oxygen atoms in total. The molecule has 0 fully saturated rings. The predicted octanol–water partition coefficient (Wildman–Crippen LogP) is 1.75. The second-order valence-corrected chi connectivity index (χ2v) is 8.59. The van der Waals surface area contributed by atoms with E-state index >= 15 is 0 Å². The third-order valence-corrected chi connectivity index (χ3v) is 6.23. The number of aliphatic hydroxyl groups is 1. The van der Waals surface area contributed by atoms with Crippen molar-refractivity contribution in [2.24, 2.45) is 7.05 Å². The highest BCUT2D eigenvalue weighted by molar-refractivity contribution is 7.90. The van der Waals surface area contributed by atoms with Crippen LogP contribution in [0, 0.1) is 0 Å². The zero-order valence-electron chi connectivity index (χ0n) is 16.1. The lowest BCUT2D eigenvalue weighted by Gasteiger charge is -2.26. The van der Waals surface area contributed by atoms with Gasteiger partial charge in [0, 0.05) is 20.1 Å². The molecule has 0 radical (unpaired) electrons. The largest absolute Gasteiger partial charge is 0.395 e. The standard InChI is InChI=1S/C21H23N3O4S/c1-23-21(26)20(29(27,28)16-18-10-6-3-7-11-18)19(14-22-23)24(12-13-25)15-17-8-4-2-5-9-17/h2-11,14,25H,12-13,15-16H2,1H3. The Balaban J connectivity index is 2.09. The van der Waals surface area contributed by atoms with Gasteiger partial charge in [0.05, 0.1) is 24.2 Å². The van der Waals surface area contributed by atoms with Crippen LogP contribution in [0.1, 0.15) is 11.1 Å². The molecule has 0 aliphatic carbocycles. The normalized spacial score (nSPS) is 11.4. The number of anilines is 1. The van der Waals surface area contributed by atoms with E-state index in [0.717, 1.165) is 10.2 Å². The summed E-state index contributed by atoms with van der Waals surface area (Å²) in [6.45, 7) is 0.307. The summed E-state index contributed by atoms with van der Waals surface area (Å²) in [4.78, 5) is 14.2. The van der Waals surface area contributed by atoms with E-state index in [-0.39, 0.29) is 29.5 Å². The van der Waals surface area contributed by atoms with Crippen LogP contribution in [-0.2, 0) is 29.2 Å². The molecule has 2 aromatic carbocycles. The van der Waals surface area contributed by atoms with Gasteiger partial charge in [-0.1, -0.05) is 60.7 Å². The molecule has 152 valence electrons. The minimum absolute atomic E-state index is 0.164. The van der Waals surface area contributed by atoms with Crippen molar-refractivity contribution in [1.82, 2.24) is 9.78 Å². The molecule has 3 rings (SSSR count). The van der Waals surface area contributed by atoms with Gasteiger partial charge in [0.2, 0.25) is 0 Å². The van der Waals surface area contributed by atoms with Crippen molar-refractivity contribution >= 4 is 15.5 Å². The highest BCUT2D eigenvalue weighted by atomic mass is 32.2. The lowest BCUT2D eigenvalue weighted by Crippen LogP contribution is -2.34. The van der Waals surface area contributed by atoms with Gasteiger partial charge in [-0.15, -0.1) is 0 Å². The van der Waals surface area contributed by atoms with Crippen molar-refractivity contribution in [2.45, 2.75) is 17.2 Å². The van der Waals surface area contributed by atoms with Crippen LogP contribution >= 0.6 is 0 Å². The Bertz CT molecular complexity index is 1110. The smallest absolute Gasteiger partial charge is 0.287 e. The van der Waals surface area contributed by atoms with E-state index in [1.165, 1.54) is 13.2 Å². The number of hydrogen-bond acceptors (Lipinski definition) is 6. The highest BCUT2D eigenvalue weighted by Gasteiger charge is 2.27. The molecule has 0 amide bonds. The average Bonchev–Trinajstić information content (AvgIpc) is 2.70. The van der Waals surface area contributed by atoms with Gasteiger partial charge in [-0.05, 0) is 11.1 Å². The Morgan fingerprint density at radius 3 is 2.17 bits per heavy atom. The van der Waals surface area contributed by atoms with Gasteiger partial charge in [0.25, 0.3) is 5.56 Å². The summed E-state index contributed by atoms with van der Waals surface area (Å²) in [6.07, 6.45) is 1.37. The number of hydrogen-bond donors (Lipinski definition) is 1. The zero-order chi connectivity index (χ0) is 20.9. The molecule has 0 spiro atoms. The third kappa shape index (κ3) is 4.90. The summed E-state index contributed by atoms with van der Waals surface area (Å²) in [6, 6.07) is 18.2. The second kappa shape index (κ2) is 9.02. The van der Waals surface area contributed by atoms with Crippen molar-refractivity contribution in [3.05, 3.63) is 88.3 Å². The number of benzene rings is 2. The summed E-state index contributed by atoms with van der Waals surface area (Å²) in [5.74, 6) is -0.293. The summed E-state index contributed by atoms with van der Waals surface area (Å²) >= 11 is 0. The molecule has 3 aromatic rings. The van der Waals surface area contributed by atoms with Crippen molar-refractivity contribution in [3.63, 3.8) is 0 Å². The third-order valence-electron chi connectivity index (χ3n) is 4.51. The van der Waals surface area contributed by atoms with Gasteiger partial charge in [0.15, 0.2) is 14.7 Å². The average molecular weight is 413 g/mol. The first-order chi connectivity index (χ1) is 13.9. The van der Waals surface area contributed by atoms with Crippen LogP contribution in [0.25, 0.3) is 0 Å². The van der Waals surface area contributed by atoms with Gasteiger partial charge in [-0.25, -0.2) is 13.1 Å². The minimum Gasteiger partial charge on any atom is -0.395 e. The summed E-state index contributed by atoms with van der Waals surface area (Å²) in [5, 5.41) is 13.6. The highest BCUT2D eigenvalue weighted by Crippen LogP contribution is 2.25. The molecule has 1 N–H and O–H groups in total. The zero-order valence-corrected chi connectivity index (χ0v) is 16.9. The molecule has 29 heavy (non-hydrogen) atoms. The van der Waals surface area contributed by atoms with E-state index < -0.39 is 15.4 Å². The monoisotopic (exact) mass is 413 g/mol. The number of aryl methyl sites for hydroxylation is 1. The first-order valence-corrected chi connectivity index (χ1v) is 10.8. The van der Waals surface area contributed by atoms with E-state index in [1.54, 1.807) is 35.2 Å². The van der Waals surface area contributed by atoms with Gasteiger partial charge in [0.1, 0.15) is 0 Å². The van der Waals surface area contributed by atoms with Crippen LogP contribution in [0.2, 0.25) is 0 Å². The Morgan fingerprint density at radius 1 is 1.00 bits per heavy atom. The molecule has 0 aliphatic heterocycles. The maximum absolute atomic E-state index is 13.2. The fraction of sp³-hybridized carbons (Fsp3) is 0.238. The molecular formula is C21H23N3O4S. The molecule has 0 saturated carbocycles. The Hall–Kier alpha value is -2.97. The van der Waals surface area contributed by atoms with E-state index in [0.29, 0.717) is 12.1 Å². The van der Waals surface area contributed by atoms with E-state index in [2.05, 4.69) is 5.10 Å². The Kier molecular flexibility index (Phi) is 6.46. The van der Waals surface area contributed by atoms with Crippen LogP contribution in [0.15, 0.2) is 76.6 Å². The summed E-state index contributed by atoms with van der Waals surface area (Å²) in [5.41, 5.74) is 1.03. The number of nitrogens with zero attached hydrogens (tertiary/aromatic N) is 3. The fourth-order valence-corrected chi connectivity index (χ4v) is 4.78. The number of sulfone groups is 1. The number of rotatable bonds is 8. The topological polar surface area (TPSA) is 92.5 Å². The molecule has 0 unspecified atom stereocenters. The Morgan fingerprint density at radius 2 is 1.59 bits per heavy atom. The molecule has 0 saturated heterocycles. The van der Waals surface area contributed by atoms with Gasteiger partial charge >= 0.3 is 0 Å². The molecule has 1 heterocycles. The van der Waals surface area contributed by atoms with Gasteiger partial charge in [-0.2, -0.15) is 5.10 Å². The second-order valence-electron chi connectivity index (χ2n) is 6.66. The summed E-state index contributed by atoms with van der Waals surface area (Å²) in [7, 11) is -2.53. The maximum atomic E-state index is 13.2. The minimum atomic E-state index is -3.95. The van der Waals surface area contributed by atoms with Crippen molar-refractivity contribution in [3.8, 4) is 0 Å². The number of aliphatic hydroxyl groups excluding tert-OH is 1. The lowest BCUT2D eigenvalue weighted by molar-refractivity contribution is 0.301. The van der Waals surface area contributed by atoms with Crippen molar-refractivity contribution in [1.29, 1.82) is 0 Å². The molecule has 1 aromatic heterocycles. The SMILES string of the molecule is Cn1ncc(N(CCO)Cc2ccccc2)c(S(=O)(=O)Cc2ccccc2)c1=O. The van der Waals surface area contributed by atoms with Crippen LogP contribution in [0.4, 0.5) is 5.69 Å². The first kappa shape index (κ1) is 20.8. The molecule has 0 atom stereocenters. The van der Waals surface area contributed by atoms with Crippen molar-refractivity contribution in [2.75, 3.05) is 18.1 Å². The lowest BCUT2D eigenvalue weighted by atomic mass is 10.2. The summed E-state index contributed by atoms with van der Waals surface area (Å²) < 4.78 is 27.5. The van der Waals surface area contributed by atoms with Crippen LogP contribution in [-0.4, -0.2) is 36.5 Å². The quantitative estimate of drug-likeness (QED) is 0.605. The van der Waals surface area contributed by atoms with Crippen LogP contribution in [0.5, 0.6) is 0 Å².